The predicted molar refractivity (Wildman–Crippen MR) is 105 cm³/mol. The second-order valence-electron chi connectivity index (χ2n) is 6.18. The van der Waals surface area contributed by atoms with Crippen LogP contribution in [-0.2, 0) is 26.2 Å². The number of benzene rings is 2. The van der Waals surface area contributed by atoms with Crippen molar-refractivity contribution in [1.29, 1.82) is 0 Å². The van der Waals surface area contributed by atoms with Crippen LogP contribution in [0.4, 0.5) is 0 Å². The summed E-state index contributed by atoms with van der Waals surface area (Å²) in [7, 11) is -3.88. The fraction of sp³-hybridized carbons (Fsp3) is 0.150. The number of sulfonamides is 1. The highest BCUT2D eigenvalue weighted by atomic mass is 32.2. The zero-order valence-corrected chi connectivity index (χ0v) is 16.4. The summed E-state index contributed by atoms with van der Waals surface area (Å²) in [6, 6.07) is 14.5. The van der Waals surface area contributed by atoms with Crippen LogP contribution in [0, 0.1) is 0 Å². The average Bonchev–Trinajstić information content (AvgIpc) is 3.26. The monoisotopic (exact) mass is 413 g/mol. The molecule has 150 valence electrons. The van der Waals surface area contributed by atoms with Crippen molar-refractivity contribution in [1.82, 2.24) is 14.5 Å². The Morgan fingerprint density at radius 2 is 1.76 bits per heavy atom. The molecule has 3 rings (SSSR count). The van der Waals surface area contributed by atoms with Gasteiger partial charge in [-0.3, -0.25) is 9.59 Å². The molecule has 3 aromatic rings. The number of carbonyl (C=O) groups is 2. The summed E-state index contributed by atoms with van der Waals surface area (Å²) in [5.41, 5.74) is 2.03. The van der Waals surface area contributed by atoms with Crippen LogP contribution >= 0.6 is 0 Å². The topological polar surface area (TPSA) is 107 Å². The predicted octanol–water partition coefficient (Wildman–Crippen LogP) is 2.10. The van der Waals surface area contributed by atoms with Gasteiger partial charge in [-0.25, -0.2) is 13.1 Å². The first-order valence-electron chi connectivity index (χ1n) is 8.70. The first-order chi connectivity index (χ1) is 13.8. The first-order valence-corrected chi connectivity index (χ1v) is 10.2. The Morgan fingerprint density at radius 3 is 2.34 bits per heavy atom. The molecule has 0 radical (unpaired) electrons. The lowest BCUT2D eigenvalue weighted by molar-refractivity contribution is -0.143. The summed E-state index contributed by atoms with van der Waals surface area (Å²) in [6.07, 6.45) is 3.49. The highest BCUT2D eigenvalue weighted by Crippen LogP contribution is 2.12. The minimum absolute atomic E-state index is 0.0211. The highest BCUT2D eigenvalue weighted by molar-refractivity contribution is 7.89. The van der Waals surface area contributed by atoms with Gasteiger partial charge >= 0.3 is 5.97 Å². The molecule has 1 N–H and O–H groups in total. The van der Waals surface area contributed by atoms with E-state index in [1.165, 1.54) is 31.2 Å². The van der Waals surface area contributed by atoms with E-state index in [4.69, 9.17) is 4.74 Å². The van der Waals surface area contributed by atoms with E-state index < -0.39 is 22.5 Å². The molecular formula is C20H19N3O5S. The van der Waals surface area contributed by atoms with Gasteiger partial charge in [0.15, 0.2) is 5.78 Å². The van der Waals surface area contributed by atoms with Crippen molar-refractivity contribution in [2.45, 2.75) is 18.4 Å². The van der Waals surface area contributed by atoms with Crippen molar-refractivity contribution in [2.75, 3.05) is 6.54 Å². The largest absolute Gasteiger partial charge is 0.460 e. The SMILES string of the molecule is CC(=O)c1ccc(S(=O)(=O)NCC(=O)OCc2ccc(-n3cccn3)cc2)cc1. The molecule has 0 bridgehead atoms. The Kier molecular flexibility index (Phi) is 6.20. The summed E-state index contributed by atoms with van der Waals surface area (Å²) >= 11 is 0. The molecule has 0 aliphatic carbocycles. The van der Waals surface area contributed by atoms with E-state index >= 15 is 0 Å². The van der Waals surface area contributed by atoms with Gasteiger partial charge in [-0.05, 0) is 42.8 Å². The van der Waals surface area contributed by atoms with Gasteiger partial charge in [-0.1, -0.05) is 24.3 Å². The maximum absolute atomic E-state index is 12.2. The molecule has 0 atom stereocenters. The number of esters is 1. The van der Waals surface area contributed by atoms with Crippen LogP contribution < -0.4 is 4.72 Å². The van der Waals surface area contributed by atoms with Crippen molar-refractivity contribution in [2.24, 2.45) is 0 Å². The van der Waals surface area contributed by atoms with Crippen LogP contribution in [0.2, 0.25) is 0 Å². The zero-order chi connectivity index (χ0) is 20.9. The fourth-order valence-corrected chi connectivity index (χ4v) is 3.46. The van der Waals surface area contributed by atoms with E-state index in [-0.39, 0.29) is 17.3 Å². The standard InChI is InChI=1S/C20H19N3O5S/c1-15(24)17-5-9-19(10-6-17)29(26,27)22-13-20(25)28-14-16-3-7-18(8-4-16)23-12-2-11-21-23/h2-12,22H,13-14H2,1H3. The number of hydrogen-bond acceptors (Lipinski definition) is 6. The van der Waals surface area contributed by atoms with Crippen LogP contribution in [0.3, 0.4) is 0 Å². The minimum atomic E-state index is -3.88. The molecule has 0 saturated carbocycles. The number of hydrogen-bond donors (Lipinski definition) is 1. The maximum Gasteiger partial charge on any atom is 0.321 e. The Hall–Kier alpha value is -3.30. The molecule has 0 fully saturated rings. The van der Waals surface area contributed by atoms with Crippen molar-refractivity contribution >= 4 is 21.8 Å². The smallest absolute Gasteiger partial charge is 0.321 e. The summed E-state index contributed by atoms with van der Waals surface area (Å²) in [5.74, 6) is -0.867. The second-order valence-corrected chi connectivity index (χ2v) is 7.95. The van der Waals surface area contributed by atoms with Gasteiger partial charge in [0.25, 0.3) is 0 Å². The van der Waals surface area contributed by atoms with Crippen LogP contribution in [0.15, 0.2) is 71.9 Å². The van der Waals surface area contributed by atoms with Crippen molar-refractivity contribution in [3.63, 3.8) is 0 Å². The molecule has 0 spiro atoms. The third-order valence-electron chi connectivity index (χ3n) is 4.08. The first kappa shape index (κ1) is 20.4. The molecule has 0 unspecified atom stereocenters. The molecule has 0 amide bonds. The quantitative estimate of drug-likeness (QED) is 0.448. The summed E-state index contributed by atoms with van der Waals surface area (Å²) in [5, 5.41) is 4.13. The van der Waals surface area contributed by atoms with Crippen molar-refractivity contribution < 1.29 is 22.7 Å². The number of ketones is 1. The number of ether oxygens (including phenoxy) is 1. The molecule has 29 heavy (non-hydrogen) atoms. The van der Waals surface area contributed by atoms with E-state index in [2.05, 4.69) is 9.82 Å². The molecule has 0 aliphatic heterocycles. The number of nitrogens with one attached hydrogen (secondary N) is 1. The molecule has 1 heterocycles. The average molecular weight is 413 g/mol. The third-order valence-corrected chi connectivity index (χ3v) is 5.50. The Labute approximate surface area is 168 Å². The fourth-order valence-electron chi connectivity index (χ4n) is 2.49. The number of carbonyl (C=O) groups excluding carboxylic acids is 2. The van der Waals surface area contributed by atoms with E-state index in [1.807, 2.05) is 24.4 Å². The van der Waals surface area contributed by atoms with Gasteiger partial charge in [0.05, 0.1) is 10.6 Å². The van der Waals surface area contributed by atoms with E-state index in [0.29, 0.717) is 5.56 Å². The van der Waals surface area contributed by atoms with Crippen LogP contribution in [0.25, 0.3) is 5.69 Å². The number of nitrogens with zero attached hydrogens (tertiary/aromatic N) is 2. The molecule has 8 nitrogen and oxygen atoms in total. The normalized spacial score (nSPS) is 11.2. The van der Waals surface area contributed by atoms with Crippen molar-refractivity contribution in [3.05, 3.63) is 78.1 Å². The Bertz CT molecular complexity index is 1090. The molecule has 2 aromatic carbocycles. The Morgan fingerprint density at radius 1 is 1.07 bits per heavy atom. The molecule has 0 saturated heterocycles. The molecule has 9 heteroatoms. The second kappa shape index (κ2) is 8.80. The summed E-state index contributed by atoms with van der Waals surface area (Å²) in [6.45, 7) is 0.915. The van der Waals surface area contributed by atoms with E-state index in [0.717, 1.165) is 11.3 Å². The lowest BCUT2D eigenvalue weighted by Crippen LogP contribution is -2.30. The van der Waals surface area contributed by atoms with Gasteiger partial charge in [0.2, 0.25) is 10.0 Å². The minimum Gasteiger partial charge on any atom is -0.460 e. The van der Waals surface area contributed by atoms with Crippen molar-refractivity contribution in [3.8, 4) is 5.69 Å². The molecule has 1 aromatic heterocycles. The Balaban J connectivity index is 1.51. The van der Waals surface area contributed by atoms with Gasteiger partial charge in [0.1, 0.15) is 13.2 Å². The number of aromatic nitrogens is 2. The van der Waals surface area contributed by atoms with Gasteiger partial charge in [-0.2, -0.15) is 9.82 Å². The number of rotatable bonds is 8. The summed E-state index contributed by atoms with van der Waals surface area (Å²) < 4.78 is 33.5. The lowest BCUT2D eigenvalue weighted by atomic mass is 10.2. The maximum atomic E-state index is 12.2. The zero-order valence-electron chi connectivity index (χ0n) is 15.6. The van der Waals surface area contributed by atoms with Crippen LogP contribution in [0.1, 0.15) is 22.8 Å². The number of Topliss-reactive ketones (excluding diaryl/α,β-unsaturated/α-hetero) is 1. The van der Waals surface area contributed by atoms with E-state index in [1.54, 1.807) is 23.0 Å². The third kappa shape index (κ3) is 5.37. The van der Waals surface area contributed by atoms with Crippen LogP contribution in [0.5, 0.6) is 0 Å². The lowest BCUT2D eigenvalue weighted by Gasteiger charge is -2.08. The molecular weight excluding hydrogens is 394 g/mol. The molecule has 0 aliphatic rings. The van der Waals surface area contributed by atoms with Crippen LogP contribution in [-0.4, -0.2) is 36.5 Å². The summed E-state index contributed by atoms with van der Waals surface area (Å²) in [4.78, 5) is 23.1. The van der Waals surface area contributed by atoms with Gasteiger partial charge in [0, 0.05) is 18.0 Å². The van der Waals surface area contributed by atoms with Gasteiger partial charge < -0.3 is 4.74 Å². The van der Waals surface area contributed by atoms with E-state index in [9.17, 15) is 18.0 Å². The van der Waals surface area contributed by atoms with Gasteiger partial charge in [-0.15, -0.1) is 0 Å². The highest BCUT2D eigenvalue weighted by Gasteiger charge is 2.16.